The van der Waals surface area contributed by atoms with Crippen LogP contribution in [0.15, 0.2) is 22.7 Å². The lowest BCUT2D eigenvalue weighted by atomic mass is 9.94. The fourth-order valence-electron chi connectivity index (χ4n) is 0.975. The van der Waals surface area contributed by atoms with Crippen molar-refractivity contribution in [2.75, 3.05) is 6.61 Å². The van der Waals surface area contributed by atoms with Gasteiger partial charge in [-0.2, -0.15) is 0 Å². The maximum Gasteiger partial charge on any atom is 0.0650 e. The Labute approximate surface area is 90.8 Å². The standard InChI is InChI=1S/C9H11BrClNO/c1-9(12,5-13)6-2-7(10)4-8(11)3-6/h2-4,13H,5,12H2,1H3. The Hall–Kier alpha value is -0.0900. The van der Waals surface area contributed by atoms with Crippen LogP contribution in [0.5, 0.6) is 0 Å². The minimum absolute atomic E-state index is 0.111. The minimum atomic E-state index is -0.743. The molecule has 0 bridgehead atoms. The highest BCUT2D eigenvalue weighted by Gasteiger charge is 2.20. The van der Waals surface area contributed by atoms with Gasteiger partial charge in [0.05, 0.1) is 12.1 Å². The normalized spacial score (nSPS) is 15.5. The molecule has 1 aromatic carbocycles. The topological polar surface area (TPSA) is 46.2 Å². The summed E-state index contributed by atoms with van der Waals surface area (Å²) in [6.07, 6.45) is 0. The molecular formula is C9H11BrClNO. The molecule has 13 heavy (non-hydrogen) atoms. The summed E-state index contributed by atoms with van der Waals surface area (Å²) in [7, 11) is 0. The van der Waals surface area contributed by atoms with Gasteiger partial charge in [0.25, 0.3) is 0 Å². The summed E-state index contributed by atoms with van der Waals surface area (Å²) in [5, 5.41) is 9.65. The Morgan fingerprint density at radius 1 is 1.54 bits per heavy atom. The van der Waals surface area contributed by atoms with Gasteiger partial charge in [-0.25, -0.2) is 0 Å². The molecular weight excluding hydrogens is 253 g/mol. The third-order valence-electron chi connectivity index (χ3n) is 1.85. The molecule has 3 N–H and O–H groups in total. The average Bonchev–Trinajstić information content (AvgIpc) is 2.02. The molecule has 0 saturated carbocycles. The summed E-state index contributed by atoms with van der Waals surface area (Å²) in [6.45, 7) is 1.64. The fraction of sp³-hybridized carbons (Fsp3) is 0.333. The zero-order valence-electron chi connectivity index (χ0n) is 7.22. The molecule has 0 aliphatic rings. The maximum atomic E-state index is 9.05. The number of aliphatic hydroxyl groups excluding tert-OH is 1. The van der Waals surface area contributed by atoms with Crippen LogP contribution in [0.4, 0.5) is 0 Å². The SMILES string of the molecule is CC(N)(CO)c1cc(Cl)cc(Br)c1. The van der Waals surface area contributed by atoms with E-state index < -0.39 is 5.54 Å². The van der Waals surface area contributed by atoms with Gasteiger partial charge in [-0.15, -0.1) is 0 Å². The fourth-order valence-corrected chi connectivity index (χ4v) is 1.83. The van der Waals surface area contributed by atoms with Gasteiger partial charge in [0.1, 0.15) is 0 Å². The number of aliphatic hydroxyl groups is 1. The molecule has 0 aliphatic heterocycles. The van der Waals surface area contributed by atoms with Gasteiger partial charge < -0.3 is 10.8 Å². The van der Waals surface area contributed by atoms with E-state index in [2.05, 4.69) is 15.9 Å². The number of nitrogens with two attached hydrogens (primary N) is 1. The molecule has 72 valence electrons. The highest BCUT2D eigenvalue weighted by molar-refractivity contribution is 9.10. The molecule has 1 unspecified atom stereocenters. The van der Waals surface area contributed by atoms with Crippen molar-refractivity contribution in [2.24, 2.45) is 5.73 Å². The van der Waals surface area contributed by atoms with Crippen LogP contribution >= 0.6 is 27.5 Å². The van der Waals surface area contributed by atoms with Gasteiger partial charge in [0.2, 0.25) is 0 Å². The second-order valence-corrected chi connectivity index (χ2v) is 4.59. The lowest BCUT2D eigenvalue weighted by Crippen LogP contribution is -2.36. The van der Waals surface area contributed by atoms with Crippen molar-refractivity contribution < 1.29 is 5.11 Å². The largest absolute Gasteiger partial charge is 0.394 e. The second-order valence-electron chi connectivity index (χ2n) is 3.23. The number of benzene rings is 1. The van der Waals surface area contributed by atoms with Gasteiger partial charge in [-0.05, 0) is 30.7 Å². The zero-order chi connectivity index (χ0) is 10.1. The smallest absolute Gasteiger partial charge is 0.0650 e. The molecule has 0 spiro atoms. The highest BCUT2D eigenvalue weighted by Crippen LogP contribution is 2.25. The first-order chi connectivity index (χ1) is 5.95. The molecule has 4 heteroatoms. The van der Waals surface area contributed by atoms with E-state index in [1.54, 1.807) is 19.1 Å². The highest BCUT2D eigenvalue weighted by atomic mass is 79.9. The van der Waals surface area contributed by atoms with Crippen molar-refractivity contribution in [3.63, 3.8) is 0 Å². The van der Waals surface area contributed by atoms with Crippen molar-refractivity contribution in [1.82, 2.24) is 0 Å². The van der Waals surface area contributed by atoms with E-state index in [1.165, 1.54) is 0 Å². The van der Waals surface area contributed by atoms with E-state index in [1.807, 2.05) is 6.07 Å². The molecule has 0 radical (unpaired) electrons. The summed E-state index contributed by atoms with van der Waals surface area (Å²) in [4.78, 5) is 0. The summed E-state index contributed by atoms with van der Waals surface area (Å²) < 4.78 is 0.861. The van der Waals surface area contributed by atoms with Crippen molar-refractivity contribution in [3.05, 3.63) is 33.3 Å². The van der Waals surface area contributed by atoms with Gasteiger partial charge >= 0.3 is 0 Å². The van der Waals surface area contributed by atoms with E-state index in [4.69, 9.17) is 22.4 Å². The van der Waals surface area contributed by atoms with Crippen molar-refractivity contribution >= 4 is 27.5 Å². The quantitative estimate of drug-likeness (QED) is 0.861. The Morgan fingerprint density at radius 2 is 2.15 bits per heavy atom. The number of hydrogen-bond acceptors (Lipinski definition) is 2. The summed E-state index contributed by atoms with van der Waals surface area (Å²) in [5.41, 5.74) is 5.92. The molecule has 2 nitrogen and oxygen atoms in total. The third kappa shape index (κ3) is 2.68. The van der Waals surface area contributed by atoms with Crippen LogP contribution in [0.1, 0.15) is 12.5 Å². The van der Waals surface area contributed by atoms with E-state index in [0.717, 1.165) is 10.0 Å². The lowest BCUT2D eigenvalue weighted by Gasteiger charge is -2.22. The van der Waals surface area contributed by atoms with Crippen LogP contribution in [0.2, 0.25) is 5.02 Å². The predicted octanol–water partition coefficient (Wildman–Crippen LogP) is 2.27. The first-order valence-corrected chi connectivity index (χ1v) is 4.99. The van der Waals surface area contributed by atoms with E-state index in [-0.39, 0.29) is 6.61 Å². The first-order valence-electron chi connectivity index (χ1n) is 3.82. The molecule has 0 heterocycles. The van der Waals surface area contributed by atoms with E-state index >= 15 is 0 Å². The Kier molecular flexibility index (Phi) is 3.35. The Bertz CT molecular complexity index is 294. The van der Waals surface area contributed by atoms with Gasteiger partial charge in [0.15, 0.2) is 0 Å². The summed E-state index contributed by atoms with van der Waals surface area (Å²) >= 11 is 9.16. The number of halogens is 2. The Balaban J connectivity index is 3.15. The summed E-state index contributed by atoms with van der Waals surface area (Å²) in [5.74, 6) is 0. The van der Waals surface area contributed by atoms with E-state index in [0.29, 0.717) is 5.02 Å². The zero-order valence-corrected chi connectivity index (χ0v) is 9.56. The third-order valence-corrected chi connectivity index (χ3v) is 2.53. The van der Waals surface area contributed by atoms with Crippen molar-refractivity contribution in [3.8, 4) is 0 Å². The molecule has 1 atom stereocenters. The molecule has 0 saturated heterocycles. The van der Waals surface area contributed by atoms with Crippen LogP contribution in [0.3, 0.4) is 0 Å². The van der Waals surface area contributed by atoms with Crippen LogP contribution in [-0.4, -0.2) is 11.7 Å². The average molecular weight is 265 g/mol. The Morgan fingerprint density at radius 3 is 2.62 bits per heavy atom. The number of hydrogen-bond donors (Lipinski definition) is 2. The molecule has 0 aliphatic carbocycles. The molecule has 0 aromatic heterocycles. The summed E-state index contributed by atoms with van der Waals surface area (Å²) in [6, 6.07) is 5.38. The first kappa shape index (κ1) is 11.0. The van der Waals surface area contributed by atoms with Crippen molar-refractivity contribution in [1.29, 1.82) is 0 Å². The van der Waals surface area contributed by atoms with Gasteiger partial charge in [-0.1, -0.05) is 27.5 Å². The van der Waals surface area contributed by atoms with Crippen LogP contribution in [0, 0.1) is 0 Å². The van der Waals surface area contributed by atoms with Crippen LogP contribution in [-0.2, 0) is 5.54 Å². The molecule has 0 amide bonds. The second kappa shape index (κ2) is 3.96. The van der Waals surface area contributed by atoms with Crippen LogP contribution < -0.4 is 5.73 Å². The molecule has 0 fully saturated rings. The van der Waals surface area contributed by atoms with Crippen molar-refractivity contribution in [2.45, 2.75) is 12.5 Å². The van der Waals surface area contributed by atoms with Gasteiger partial charge in [-0.3, -0.25) is 0 Å². The lowest BCUT2D eigenvalue weighted by molar-refractivity contribution is 0.210. The molecule has 1 rings (SSSR count). The maximum absolute atomic E-state index is 9.05. The minimum Gasteiger partial charge on any atom is -0.394 e. The van der Waals surface area contributed by atoms with E-state index in [9.17, 15) is 0 Å². The molecule has 1 aromatic rings. The predicted molar refractivity (Wildman–Crippen MR) is 57.8 cm³/mol. The monoisotopic (exact) mass is 263 g/mol. The van der Waals surface area contributed by atoms with Crippen LogP contribution in [0.25, 0.3) is 0 Å². The number of rotatable bonds is 2. The van der Waals surface area contributed by atoms with Gasteiger partial charge in [0, 0.05) is 9.50 Å².